The highest BCUT2D eigenvalue weighted by Gasteiger charge is 2.15. The molecule has 0 saturated heterocycles. The van der Waals surface area contributed by atoms with Gasteiger partial charge in [0.25, 0.3) is 5.91 Å². The summed E-state index contributed by atoms with van der Waals surface area (Å²) in [6.07, 6.45) is 1.98. The van der Waals surface area contributed by atoms with Gasteiger partial charge in [-0.25, -0.2) is 0 Å². The SMILES string of the molecule is CC(C)CC(=O)C(=O)NC(C)C.CC(C)CCC(=O)NC(C)C. The fourth-order valence-electron chi connectivity index (χ4n) is 1.62. The number of rotatable bonds is 8. The van der Waals surface area contributed by atoms with Crippen LogP contribution in [0.5, 0.6) is 0 Å². The zero-order chi connectivity index (χ0) is 18.6. The minimum atomic E-state index is -0.460. The largest absolute Gasteiger partial charge is 0.354 e. The minimum absolute atomic E-state index is 0.0358. The molecule has 136 valence electrons. The molecule has 2 amide bonds. The smallest absolute Gasteiger partial charge is 0.287 e. The number of amides is 2. The maximum absolute atomic E-state index is 11.1. The topological polar surface area (TPSA) is 75.3 Å². The van der Waals surface area contributed by atoms with Gasteiger partial charge in [-0.15, -0.1) is 0 Å². The van der Waals surface area contributed by atoms with E-state index < -0.39 is 5.91 Å². The van der Waals surface area contributed by atoms with Gasteiger partial charge in [0.1, 0.15) is 0 Å². The predicted octanol–water partition coefficient (Wildman–Crippen LogP) is 3.07. The van der Waals surface area contributed by atoms with Gasteiger partial charge in [0.05, 0.1) is 0 Å². The highest BCUT2D eigenvalue weighted by Crippen LogP contribution is 2.02. The first kappa shape index (κ1) is 23.9. The van der Waals surface area contributed by atoms with Crippen LogP contribution in [0.3, 0.4) is 0 Å². The van der Waals surface area contributed by atoms with Crippen LogP contribution in [0, 0.1) is 11.8 Å². The fourth-order valence-corrected chi connectivity index (χ4v) is 1.62. The van der Waals surface area contributed by atoms with Gasteiger partial charge in [-0.05, 0) is 46.0 Å². The molecule has 0 atom stereocenters. The lowest BCUT2D eigenvalue weighted by Crippen LogP contribution is -2.36. The first-order valence-corrected chi connectivity index (χ1v) is 8.58. The number of Topliss-reactive ketones (excluding diaryl/α,β-unsaturated/α-hetero) is 1. The number of carbonyl (C=O) groups excluding carboxylic acids is 3. The molecule has 23 heavy (non-hydrogen) atoms. The molecule has 0 unspecified atom stereocenters. The number of carbonyl (C=O) groups is 3. The molecule has 0 heterocycles. The first-order valence-electron chi connectivity index (χ1n) is 8.58. The summed E-state index contributed by atoms with van der Waals surface area (Å²) in [5.41, 5.74) is 0. The number of ketones is 1. The molecular formula is C18H36N2O3. The van der Waals surface area contributed by atoms with E-state index in [1.165, 1.54) is 0 Å². The normalized spacial score (nSPS) is 10.6. The highest BCUT2D eigenvalue weighted by molar-refractivity contribution is 6.36. The Morgan fingerprint density at radius 2 is 1.22 bits per heavy atom. The molecule has 0 fully saturated rings. The van der Waals surface area contributed by atoms with Gasteiger partial charge >= 0.3 is 0 Å². The van der Waals surface area contributed by atoms with Crippen LogP contribution in [0.2, 0.25) is 0 Å². The van der Waals surface area contributed by atoms with Crippen molar-refractivity contribution < 1.29 is 14.4 Å². The van der Waals surface area contributed by atoms with Gasteiger partial charge in [0.2, 0.25) is 11.7 Å². The first-order chi connectivity index (χ1) is 10.5. The molecule has 0 aliphatic carbocycles. The Morgan fingerprint density at radius 1 is 0.739 bits per heavy atom. The summed E-state index contributed by atoms with van der Waals surface area (Å²) in [6.45, 7) is 15.7. The Labute approximate surface area is 142 Å². The molecule has 0 aliphatic rings. The third-order valence-corrected chi connectivity index (χ3v) is 2.67. The summed E-state index contributed by atoms with van der Waals surface area (Å²) in [4.78, 5) is 33.2. The van der Waals surface area contributed by atoms with Crippen molar-refractivity contribution in [3.05, 3.63) is 0 Å². The Balaban J connectivity index is 0. The lowest BCUT2D eigenvalue weighted by molar-refractivity contribution is -0.138. The Bertz CT molecular complexity index is 341. The maximum atomic E-state index is 11.1. The molecule has 5 heteroatoms. The fraction of sp³-hybridized carbons (Fsp3) is 0.833. The Morgan fingerprint density at radius 3 is 1.57 bits per heavy atom. The summed E-state index contributed by atoms with van der Waals surface area (Å²) in [5.74, 6) is 0.259. The molecule has 5 nitrogen and oxygen atoms in total. The molecule has 0 rings (SSSR count). The molecule has 0 aromatic carbocycles. The minimum Gasteiger partial charge on any atom is -0.354 e. The quantitative estimate of drug-likeness (QED) is 0.672. The molecule has 2 N–H and O–H groups in total. The summed E-state index contributed by atoms with van der Waals surface area (Å²) < 4.78 is 0. The lowest BCUT2D eigenvalue weighted by atomic mass is 10.1. The van der Waals surface area contributed by atoms with Crippen molar-refractivity contribution in [2.45, 2.75) is 86.7 Å². The van der Waals surface area contributed by atoms with Crippen LogP contribution in [-0.2, 0) is 14.4 Å². The second kappa shape index (κ2) is 13.1. The zero-order valence-electron chi connectivity index (χ0n) is 16.2. The van der Waals surface area contributed by atoms with Crippen LogP contribution in [0.25, 0.3) is 0 Å². The molecule has 0 aromatic heterocycles. The predicted molar refractivity (Wildman–Crippen MR) is 95.1 cm³/mol. The molecule has 0 bridgehead atoms. The monoisotopic (exact) mass is 328 g/mol. The second-order valence-corrected chi connectivity index (χ2v) is 7.30. The van der Waals surface area contributed by atoms with E-state index in [4.69, 9.17) is 0 Å². The second-order valence-electron chi connectivity index (χ2n) is 7.30. The molecular weight excluding hydrogens is 292 g/mol. The summed E-state index contributed by atoms with van der Waals surface area (Å²) >= 11 is 0. The van der Waals surface area contributed by atoms with E-state index in [1.807, 2.05) is 41.5 Å². The van der Waals surface area contributed by atoms with E-state index in [9.17, 15) is 14.4 Å². The molecule has 0 aromatic rings. The van der Waals surface area contributed by atoms with Gasteiger partial charge in [-0.2, -0.15) is 0 Å². The van der Waals surface area contributed by atoms with E-state index >= 15 is 0 Å². The van der Waals surface area contributed by atoms with Crippen molar-refractivity contribution in [2.75, 3.05) is 0 Å². The number of nitrogens with one attached hydrogen (secondary N) is 2. The summed E-state index contributed by atoms with van der Waals surface area (Å²) in [5, 5.41) is 5.42. The van der Waals surface area contributed by atoms with E-state index in [-0.39, 0.29) is 29.7 Å². The van der Waals surface area contributed by atoms with Crippen molar-refractivity contribution in [1.82, 2.24) is 10.6 Å². The van der Waals surface area contributed by atoms with Crippen LogP contribution in [0.15, 0.2) is 0 Å². The van der Waals surface area contributed by atoms with Crippen LogP contribution >= 0.6 is 0 Å². The van der Waals surface area contributed by atoms with Gasteiger partial charge in [-0.3, -0.25) is 14.4 Å². The molecule has 0 radical (unpaired) electrons. The average Bonchev–Trinajstić information content (AvgIpc) is 2.34. The van der Waals surface area contributed by atoms with Crippen LogP contribution in [0.4, 0.5) is 0 Å². The van der Waals surface area contributed by atoms with Gasteiger partial charge in [0, 0.05) is 24.9 Å². The molecule has 0 saturated carbocycles. The zero-order valence-corrected chi connectivity index (χ0v) is 16.2. The van der Waals surface area contributed by atoms with Gasteiger partial charge in [0.15, 0.2) is 0 Å². The summed E-state index contributed by atoms with van der Waals surface area (Å²) in [7, 11) is 0. The Hall–Kier alpha value is -1.39. The third kappa shape index (κ3) is 18.6. The van der Waals surface area contributed by atoms with Crippen LogP contribution in [0.1, 0.15) is 74.7 Å². The Kier molecular flexibility index (Phi) is 13.6. The standard InChI is InChI=1S/C9H17NO2.C9H19NO/c1-6(2)5-8(11)9(12)10-7(3)4;1-7(2)5-6-9(11)10-8(3)4/h6-7H,5H2,1-4H3,(H,10,12);7-8H,5-6H2,1-4H3,(H,10,11). The van der Waals surface area contributed by atoms with Gasteiger partial charge < -0.3 is 10.6 Å². The highest BCUT2D eigenvalue weighted by atomic mass is 16.2. The van der Waals surface area contributed by atoms with Crippen molar-refractivity contribution in [3.8, 4) is 0 Å². The molecule has 0 aliphatic heterocycles. The van der Waals surface area contributed by atoms with E-state index in [0.29, 0.717) is 18.8 Å². The van der Waals surface area contributed by atoms with E-state index in [1.54, 1.807) is 0 Å². The number of hydrogen-bond acceptors (Lipinski definition) is 3. The van der Waals surface area contributed by atoms with E-state index in [0.717, 1.165) is 6.42 Å². The number of hydrogen-bond donors (Lipinski definition) is 2. The molecule has 0 spiro atoms. The van der Waals surface area contributed by atoms with Crippen molar-refractivity contribution in [3.63, 3.8) is 0 Å². The third-order valence-electron chi connectivity index (χ3n) is 2.67. The van der Waals surface area contributed by atoms with Crippen molar-refractivity contribution >= 4 is 17.6 Å². The van der Waals surface area contributed by atoms with Crippen LogP contribution < -0.4 is 10.6 Å². The van der Waals surface area contributed by atoms with Gasteiger partial charge in [-0.1, -0.05) is 27.7 Å². The van der Waals surface area contributed by atoms with Crippen LogP contribution in [-0.4, -0.2) is 29.7 Å². The average molecular weight is 328 g/mol. The van der Waals surface area contributed by atoms with E-state index in [2.05, 4.69) is 24.5 Å². The van der Waals surface area contributed by atoms with Crippen molar-refractivity contribution in [1.29, 1.82) is 0 Å². The maximum Gasteiger partial charge on any atom is 0.287 e. The van der Waals surface area contributed by atoms with Crippen molar-refractivity contribution in [2.24, 2.45) is 11.8 Å². The summed E-state index contributed by atoms with van der Waals surface area (Å²) in [6, 6.07) is 0.309. The lowest BCUT2D eigenvalue weighted by Gasteiger charge is -2.08.